The number of hydrogen-bond acceptors (Lipinski definition) is 3. The van der Waals surface area contributed by atoms with Crippen molar-refractivity contribution in [2.45, 2.75) is 13.8 Å². The molecule has 1 amide bonds. The number of nitriles is 1. The molecule has 22 heavy (non-hydrogen) atoms. The van der Waals surface area contributed by atoms with Crippen LogP contribution in [0.3, 0.4) is 0 Å². The molecule has 0 spiro atoms. The van der Waals surface area contributed by atoms with Crippen LogP contribution in [-0.4, -0.2) is 12.5 Å². The Morgan fingerprint density at radius 1 is 1.23 bits per heavy atom. The Hall–Kier alpha value is -2.51. The quantitative estimate of drug-likeness (QED) is 0.932. The summed E-state index contributed by atoms with van der Waals surface area (Å²) < 4.78 is 5.45. The normalized spacial score (nSPS) is 9.91. The SMILES string of the molecule is Cc1ccc(OCC(=O)Nc2ccc(Cl)c(C#N)c2)cc1C. The van der Waals surface area contributed by atoms with Gasteiger partial charge in [0, 0.05) is 5.69 Å². The average Bonchev–Trinajstić information content (AvgIpc) is 2.50. The van der Waals surface area contributed by atoms with Gasteiger partial charge in [0.1, 0.15) is 11.8 Å². The minimum absolute atomic E-state index is 0.104. The van der Waals surface area contributed by atoms with Gasteiger partial charge < -0.3 is 10.1 Å². The van der Waals surface area contributed by atoms with E-state index in [0.717, 1.165) is 5.56 Å². The second-order valence-electron chi connectivity index (χ2n) is 4.89. The third-order valence-corrected chi connectivity index (χ3v) is 3.55. The van der Waals surface area contributed by atoms with Crippen molar-refractivity contribution in [3.05, 3.63) is 58.1 Å². The van der Waals surface area contributed by atoms with E-state index in [1.54, 1.807) is 12.1 Å². The van der Waals surface area contributed by atoms with Crippen molar-refractivity contribution < 1.29 is 9.53 Å². The van der Waals surface area contributed by atoms with Crippen LogP contribution in [-0.2, 0) is 4.79 Å². The lowest BCUT2D eigenvalue weighted by molar-refractivity contribution is -0.118. The first-order valence-corrected chi connectivity index (χ1v) is 7.07. The zero-order chi connectivity index (χ0) is 16.1. The zero-order valence-corrected chi connectivity index (χ0v) is 13.1. The van der Waals surface area contributed by atoms with Gasteiger partial charge >= 0.3 is 0 Å². The largest absolute Gasteiger partial charge is 0.484 e. The summed E-state index contributed by atoms with van der Waals surface area (Å²) in [6.07, 6.45) is 0. The molecule has 0 saturated heterocycles. The van der Waals surface area contributed by atoms with E-state index in [2.05, 4.69) is 5.32 Å². The Labute approximate surface area is 134 Å². The number of nitrogens with one attached hydrogen (secondary N) is 1. The third kappa shape index (κ3) is 4.00. The number of ether oxygens (including phenoxy) is 1. The standard InChI is InChI=1S/C17H15ClN2O2/c1-11-3-5-15(7-12(11)2)22-10-17(21)20-14-4-6-16(18)13(8-14)9-19/h3-8H,10H2,1-2H3,(H,20,21). The molecule has 0 aliphatic rings. The van der Waals surface area contributed by atoms with Crippen molar-refractivity contribution >= 4 is 23.2 Å². The molecule has 0 fully saturated rings. The van der Waals surface area contributed by atoms with Crippen LogP contribution in [0.1, 0.15) is 16.7 Å². The van der Waals surface area contributed by atoms with Gasteiger partial charge in [-0.05, 0) is 55.3 Å². The molecule has 0 bridgehead atoms. The molecule has 2 rings (SSSR count). The molecule has 0 saturated carbocycles. The Kier molecular flexibility index (Phi) is 5.03. The first-order valence-electron chi connectivity index (χ1n) is 6.69. The highest BCUT2D eigenvalue weighted by Crippen LogP contribution is 2.20. The average molecular weight is 315 g/mol. The van der Waals surface area contributed by atoms with E-state index in [9.17, 15) is 4.79 Å². The maximum absolute atomic E-state index is 11.9. The summed E-state index contributed by atoms with van der Waals surface area (Å²) in [5.41, 5.74) is 3.10. The van der Waals surface area contributed by atoms with Gasteiger partial charge in [-0.3, -0.25) is 4.79 Å². The molecule has 0 atom stereocenters. The summed E-state index contributed by atoms with van der Waals surface area (Å²) in [6.45, 7) is 3.89. The van der Waals surface area contributed by atoms with Crippen LogP contribution in [0.2, 0.25) is 5.02 Å². The molecule has 5 heteroatoms. The van der Waals surface area contributed by atoms with E-state index in [0.29, 0.717) is 22.0 Å². The monoisotopic (exact) mass is 314 g/mol. The van der Waals surface area contributed by atoms with Crippen molar-refractivity contribution in [2.24, 2.45) is 0 Å². The fourth-order valence-electron chi connectivity index (χ4n) is 1.84. The van der Waals surface area contributed by atoms with Gasteiger partial charge in [-0.2, -0.15) is 5.26 Å². The van der Waals surface area contributed by atoms with Crippen LogP contribution in [0.15, 0.2) is 36.4 Å². The first-order chi connectivity index (χ1) is 10.5. The lowest BCUT2D eigenvalue weighted by atomic mass is 10.1. The van der Waals surface area contributed by atoms with Gasteiger partial charge in [0.25, 0.3) is 5.91 Å². The summed E-state index contributed by atoms with van der Waals surface area (Å²) >= 11 is 5.84. The number of benzene rings is 2. The van der Waals surface area contributed by atoms with Crippen LogP contribution >= 0.6 is 11.6 Å². The van der Waals surface area contributed by atoms with E-state index in [-0.39, 0.29) is 12.5 Å². The van der Waals surface area contributed by atoms with E-state index in [4.69, 9.17) is 21.6 Å². The van der Waals surface area contributed by atoms with Crippen molar-refractivity contribution in [3.63, 3.8) is 0 Å². The molecule has 4 nitrogen and oxygen atoms in total. The maximum atomic E-state index is 11.9. The van der Waals surface area contributed by atoms with Crippen molar-refractivity contribution in [2.75, 3.05) is 11.9 Å². The summed E-state index contributed by atoms with van der Waals surface area (Å²) in [5.74, 6) is 0.344. The number of aryl methyl sites for hydroxylation is 2. The summed E-state index contributed by atoms with van der Waals surface area (Å²) in [6, 6.07) is 12.4. The molecular weight excluding hydrogens is 300 g/mol. The topological polar surface area (TPSA) is 62.1 Å². The molecule has 2 aromatic rings. The molecule has 0 heterocycles. The number of halogens is 1. The number of nitrogens with zero attached hydrogens (tertiary/aromatic N) is 1. The second-order valence-corrected chi connectivity index (χ2v) is 5.30. The van der Waals surface area contributed by atoms with Crippen LogP contribution in [0.5, 0.6) is 5.75 Å². The molecule has 0 unspecified atom stereocenters. The minimum Gasteiger partial charge on any atom is -0.484 e. The van der Waals surface area contributed by atoms with Gasteiger partial charge in [0.2, 0.25) is 0 Å². The van der Waals surface area contributed by atoms with Gasteiger partial charge in [-0.1, -0.05) is 17.7 Å². The zero-order valence-electron chi connectivity index (χ0n) is 12.3. The molecule has 0 aliphatic heterocycles. The first kappa shape index (κ1) is 15.9. The summed E-state index contributed by atoms with van der Waals surface area (Å²) in [5, 5.41) is 11.9. The Morgan fingerprint density at radius 3 is 2.68 bits per heavy atom. The number of anilines is 1. The highest BCUT2D eigenvalue weighted by Gasteiger charge is 2.07. The molecule has 0 radical (unpaired) electrons. The maximum Gasteiger partial charge on any atom is 0.262 e. The van der Waals surface area contributed by atoms with Crippen molar-refractivity contribution in [3.8, 4) is 11.8 Å². The Morgan fingerprint density at radius 2 is 2.00 bits per heavy atom. The second kappa shape index (κ2) is 6.97. The van der Waals surface area contributed by atoms with Crippen LogP contribution in [0, 0.1) is 25.2 Å². The minimum atomic E-state index is -0.301. The molecule has 1 N–H and O–H groups in total. The highest BCUT2D eigenvalue weighted by molar-refractivity contribution is 6.31. The van der Waals surface area contributed by atoms with Gasteiger partial charge in [-0.25, -0.2) is 0 Å². The number of amides is 1. The molecule has 112 valence electrons. The van der Waals surface area contributed by atoms with E-state index in [1.165, 1.54) is 11.6 Å². The fraction of sp³-hybridized carbons (Fsp3) is 0.176. The molecule has 0 aromatic heterocycles. The number of carbonyl (C=O) groups is 1. The lowest BCUT2D eigenvalue weighted by Gasteiger charge is -2.09. The third-order valence-electron chi connectivity index (χ3n) is 3.22. The van der Waals surface area contributed by atoms with Gasteiger partial charge in [-0.15, -0.1) is 0 Å². The highest BCUT2D eigenvalue weighted by atomic mass is 35.5. The number of rotatable bonds is 4. The number of hydrogen-bond donors (Lipinski definition) is 1. The Balaban J connectivity index is 1.96. The summed E-state index contributed by atoms with van der Waals surface area (Å²) in [7, 11) is 0. The van der Waals surface area contributed by atoms with Crippen molar-refractivity contribution in [1.82, 2.24) is 0 Å². The van der Waals surface area contributed by atoms with E-state index >= 15 is 0 Å². The van der Waals surface area contributed by atoms with Crippen LogP contribution in [0.4, 0.5) is 5.69 Å². The molecule has 0 aliphatic carbocycles. The predicted molar refractivity (Wildman–Crippen MR) is 86.2 cm³/mol. The van der Waals surface area contributed by atoms with Gasteiger partial charge in [0.15, 0.2) is 6.61 Å². The smallest absolute Gasteiger partial charge is 0.262 e. The van der Waals surface area contributed by atoms with E-state index in [1.807, 2.05) is 38.1 Å². The van der Waals surface area contributed by atoms with E-state index < -0.39 is 0 Å². The van der Waals surface area contributed by atoms with Crippen LogP contribution < -0.4 is 10.1 Å². The van der Waals surface area contributed by atoms with Gasteiger partial charge in [0.05, 0.1) is 10.6 Å². The van der Waals surface area contributed by atoms with Crippen molar-refractivity contribution in [1.29, 1.82) is 5.26 Å². The summed E-state index contributed by atoms with van der Waals surface area (Å²) in [4.78, 5) is 11.9. The predicted octanol–water partition coefficient (Wildman–Crippen LogP) is 3.85. The molecular formula is C17H15ClN2O2. The fourth-order valence-corrected chi connectivity index (χ4v) is 2.00. The Bertz CT molecular complexity index is 751. The molecule has 2 aromatic carbocycles. The number of carbonyl (C=O) groups excluding carboxylic acids is 1. The van der Waals surface area contributed by atoms with Crippen LogP contribution in [0.25, 0.3) is 0 Å². The lowest BCUT2D eigenvalue weighted by Crippen LogP contribution is -2.20.